The average Bonchev–Trinajstić information content (AvgIpc) is 3.17. The molecule has 4 aromatic rings. The Labute approximate surface area is 163 Å². The summed E-state index contributed by atoms with van der Waals surface area (Å²) in [5.41, 5.74) is 1.63. The van der Waals surface area contributed by atoms with Crippen LogP contribution in [0.1, 0.15) is 10.4 Å². The zero-order valence-corrected chi connectivity index (χ0v) is 16.3. The first kappa shape index (κ1) is 16.9. The van der Waals surface area contributed by atoms with E-state index in [1.807, 2.05) is 66.7 Å². The molecule has 0 saturated carbocycles. The van der Waals surface area contributed by atoms with Crippen molar-refractivity contribution in [2.45, 2.75) is 0 Å². The fourth-order valence-corrected chi connectivity index (χ4v) is 3.81. The van der Waals surface area contributed by atoms with Gasteiger partial charge in [0, 0.05) is 22.6 Å². The van der Waals surface area contributed by atoms with Crippen molar-refractivity contribution in [3.05, 3.63) is 76.8 Å². The van der Waals surface area contributed by atoms with Crippen molar-refractivity contribution in [1.29, 1.82) is 0 Å². The van der Waals surface area contributed by atoms with E-state index in [1.165, 1.54) is 11.3 Å². The van der Waals surface area contributed by atoms with E-state index in [9.17, 15) is 4.79 Å². The summed E-state index contributed by atoms with van der Waals surface area (Å²) in [5, 5.41) is 11.8. The maximum atomic E-state index is 13.0. The smallest absolute Gasteiger partial charge is 0.260 e. The molecule has 1 aromatic heterocycles. The molecule has 128 valence electrons. The lowest BCUT2D eigenvalue weighted by Crippen LogP contribution is -2.26. The number of carbonyl (C=O) groups is 1. The summed E-state index contributed by atoms with van der Waals surface area (Å²) in [4.78, 5) is 14.6. The van der Waals surface area contributed by atoms with Gasteiger partial charge in [-0.05, 0) is 29.0 Å². The minimum atomic E-state index is -0.0969. The van der Waals surface area contributed by atoms with Crippen molar-refractivity contribution < 1.29 is 4.79 Å². The first-order chi connectivity index (χ1) is 12.6. The van der Waals surface area contributed by atoms with Gasteiger partial charge in [-0.25, -0.2) is 0 Å². The molecule has 0 spiro atoms. The van der Waals surface area contributed by atoms with Gasteiger partial charge in [-0.3, -0.25) is 9.69 Å². The molecule has 0 saturated heterocycles. The van der Waals surface area contributed by atoms with Crippen LogP contribution in [0.25, 0.3) is 21.3 Å². The molecule has 0 aliphatic rings. The summed E-state index contributed by atoms with van der Waals surface area (Å²) >= 11 is 4.82. The summed E-state index contributed by atoms with van der Waals surface area (Å²) in [6, 6.07) is 21.5. The van der Waals surface area contributed by atoms with E-state index >= 15 is 0 Å². The van der Waals surface area contributed by atoms with E-state index in [2.05, 4.69) is 26.1 Å². The van der Waals surface area contributed by atoms with Gasteiger partial charge in [-0.15, -0.1) is 10.2 Å². The van der Waals surface area contributed by atoms with Gasteiger partial charge in [0.2, 0.25) is 5.13 Å². The third-order valence-electron chi connectivity index (χ3n) is 4.12. The van der Waals surface area contributed by atoms with Crippen LogP contribution in [0.2, 0.25) is 0 Å². The minimum absolute atomic E-state index is 0.0969. The molecule has 0 fully saturated rings. The van der Waals surface area contributed by atoms with Gasteiger partial charge in [0.05, 0.1) is 0 Å². The Balaban J connectivity index is 1.66. The van der Waals surface area contributed by atoms with Crippen molar-refractivity contribution >= 4 is 49.1 Å². The number of aromatic nitrogens is 2. The Morgan fingerprint density at radius 1 is 0.962 bits per heavy atom. The molecular weight excluding hydrogens is 410 g/mol. The number of benzene rings is 3. The first-order valence-electron chi connectivity index (χ1n) is 7.99. The van der Waals surface area contributed by atoms with Crippen LogP contribution in [0.4, 0.5) is 5.13 Å². The molecule has 4 rings (SSSR count). The van der Waals surface area contributed by atoms with Gasteiger partial charge in [0.25, 0.3) is 5.91 Å². The van der Waals surface area contributed by atoms with Gasteiger partial charge in [-0.1, -0.05) is 75.8 Å². The Hall–Kier alpha value is -2.57. The van der Waals surface area contributed by atoms with Crippen LogP contribution in [0.15, 0.2) is 71.2 Å². The highest BCUT2D eigenvalue weighted by Crippen LogP contribution is 2.30. The molecule has 0 unspecified atom stereocenters. The number of hydrogen-bond acceptors (Lipinski definition) is 4. The van der Waals surface area contributed by atoms with E-state index in [-0.39, 0.29) is 5.91 Å². The summed E-state index contributed by atoms with van der Waals surface area (Å²) in [6.07, 6.45) is 0. The number of halogens is 1. The molecule has 4 nitrogen and oxygen atoms in total. The molecule has 6 heteroatoms. The number of anilines is 1. The molecule has 0 atom stereocenters. The molecule has 0 aliphatic carbocycles. The molecule has 26 heavy (non-hydrogen) atoms. The standard InChI is InChI=1S/C20H14BrN3OS/c1-24(19(25)17-8-4-6-13-5-2-3-7-16(13)17)20-23-22-18(26-20)14-9-11-15(21)12-10-14/h2-12H,1H3. The van der Waals surface area contributed by atoms with E-state index in [0.29, 0.717) is 10.7 Å². The highest BCUT2D eigenvalue weighted by molar-refractivity contribution is 9.10. The number of rotatable bonds is 3. The maximum Gasteiger partial charge on any atom is 0.260 e. The predicted molar refractivity (Wildman–Crippen MR) is 110 cm³/mol. The zero-order chi connectivity index (χ0) is 18.1. The van der Waals surface area contributed by atoms with Crippen molar-refractivity contribution in [3.63, 3.8) is 0 Å². The summed E-state index contributed by atoms with van der Waals surface area (Å²) in [6.45, 7) is 0. The lowest BCUT2D eigenvalue weighted by molar-refractivity contribution is 0.0994. The fourth-order valence-electron chi connectivity index (χ4n) is 2.74. The highest BCUT2D eigenvalue weighted by atomic mass is 79.9. The summed E-state index contributed by atoms with van der Waals surface area (Å²) in [5.74, 6) is -0.0969. The third-order valence-corrected chi connectivity index (χ3v) is 5.69. The quantitative estimate of drug-likeness (QED) is 0.443. The first-order valence-corrected chi connectivity index (χ1v) is 9.60. The summed E-state index contributed by atoms with van der Waals surface area (Å²) < 4.78 is 1.01. The third kappa shape index (κ3) is 3.13. The molecule has 0 radical (unpaired) electrons. The van der Waals surface area contributed by atoms with E-state index in [1.54, 1.807) is 11.9 Å². The minimum Gasteiger partial charge on any atom is -0.286 e. The van der Waals surface area contributed by atoms with Crippen molar-refractivity contribution in [1.82, 2.24) is 10.2 Å². The second-order valence-corrected chi connectivity index (χ2v) is 7.66. The SMILES string of the molecule is CN(C(=O)c1cccc2ccccc12)c1nnc(-c2ccc(Br)cc2)s1. The molecule has 0 aliphatic heterocycles. The van der Waals surface area contributed by atoms with E-state index < -0.39 is 0 Å². The number of carbonyl (C=O) groups excluding carboxylic acids is 1. The van der Waals surface area contributed by atoms with Crippen LogP contribution in [0.3, 0.4) is 0 Å². The van der Waals surface area contributed by atoms with Crippen molar-refractivity contribution in [2.75, 3.05) is 11.9 Å². The normalized spacial score (nSPS) is 10.8. The predicted octanol–water partition coefficient (Wildman–Crippen LogP) is 5.40. The number of nitrogens with zero attached hydrogens (tertiary/aromatic N) is 3. The van der Waals surface area contributed by atoms with E-state index in [4.69, 9.17) is 0 Å². The lowest BCUT2D eigenvalue weighted by atomic mass is 10.0. The van der Waals surface area contributed by atoms with Gasteiger partial charge in [-0.2, -0.15) is 0 Å². The summed E-state index contributed by atoms with van der Waals surface area (Å²) in [7, 11) is 1.73. The molecule has 3 aromatic carbocycles. The molecule has 1 amide bonds. The van der Waals surface area contributed by atoms with Crippen LogP contribution in [0, 0.1) is 0 Å². The monoisotopic (exact) mass is 423 g/mol. The highest BCUT2D eigenvalue weighted by Gasteiger charge is 2.19. The van der Waals surface area contributed by atoms with Gasteiger partial charge >= 0.3 is 0 Å². The van der Waals surface area contributed by atoms with Gasteiger partial charge in [0.15, 0.2) is 0 Å². The molecule has 1 heterocycles. The average molecular weight is 424 g/mol. The number of amides is 1. The zero-order valence-electron chi connectivity index (χ0n) is 13.9. The number of fused-ring (bicyclic) bond motifs is 1. The van der Waals surface area contributed by atoms with Gasteiger partial charge in [0.1, 0.15) is 5.01 Å². The van der Waals surface area contributed by atoms with Crippen LogP contribution in [-0.2, 0) is 0 Å². The van der Waals surface area contributed by atoms with Gasteiger partial charge < -0.3 is 0 Å². The molecule has 0 N–H and O–H groups in total. The van der Waals surface area contributed by atoms with Crippen LogP contribution in [0.5, 0.6) is 0 Å². The Bertz CT molecular complexity index is 1090. The second-order valence-electron chi connectivity index (χ2n) is 5.79. The van der Waals surface area contributed by atoms with E-state index in [0.717, 1.165) is 25.8 Å². The molecular formula is C20H14BrN3OS. The van der Waals surface area contributed by atoms with Crippen LogP contribution < -0.4 is 4.90 Å². The topological polar surface area (TPSA) is 46.1 Å². The van der Waals surface area contributed by atoms with Crippen molar-refractivity contribution in [3.8, 4) is 10.6 Å². The molecule has 0 bridgehead atoms. The lowest BCUT2D eigenvalue weighted by Gasteiger charge is -2.14. The fraction of sp³-hybridized carbons (Fsp3) is 0.0500. The Morgan fingerprint density at radius 2 is 1.69 bits per heavy atom. The Morgan fingerprint density at radius 3 is 2.50 bits per heavy atom. The largest absolute Gasteiger partial charge is 0.286 e. The van der Waals surface area contributed by atoms with Crippen molar-refractivity contribution in [2.24, 2.45) is 0 Å². The second kappa shape index (κ2) is 6.97. The maximum absolute atomic E-state index is 13.0. The van der Waals surface area contributed by atoms with Crippen LogP contribution in [-0.4, -0.2) is 23.2 Å². The van der Waals surface area contributed by atoms with Crippen LogP contribution >= 0.6 is 27.3 Å². The number of hydrogen-bond donors (Lipinski definition) is 0. The Kier molecular flexibility index (Phi) is 4.53.